The van der Waals surface area contributed by atoms with Crippen LogP contribution in [0.1, 0.15) is 23.1 Å². The number of ether oxygens (including phenoxy) is 1. The second kappa shape index (κ2) is 6.59. The van der Waals surface area contributed by atoms with Crippen molar-refractivity contribution in [1.29, 1.82) is 0 Å². The Kier molecular flexibility index (Phi) is 4.79. The molecule has 1 aromatic heterocycles. The molecule has 0 spiro atoms. The molecule has 0 atom stereocenters. The lowest BCUT2D eigenvalue weighted by Crippen LogP contribution is -2.52. The molecule has 2 amide bonds. The van der Waals surface area contributed by atoms with Gasteiger partial charge in [0.1, 0.15) is 0 Å². The van der Waals surface area contributed by atoms with Crippen LogP contribution in [-0.4, -0.2) is 70.1 Å². The Morgan fingerprint density at radius 3 is 2.27 bits per heavy atom. The maximum absolute atomic E-state index is 12.3. The topological polar surface area (TPSA) is 84.7 Å². The first kappa shape index (κ1) is 16.0. The Morgan fingerprint density at radius 1 is 1.18 bits per heavy atom. The van der Waals surface area contributed by atoms with Gasteiger partial charge in [0.05, 0.1) is 6.61 Å². The van der Waals surface area contributed by atoms with Gasteiger partial charge in [-0.3, -0.25) is 14.3 Å². The van der Waals surface area contributed by atoms with E-state index in [0.717, 1.165) is 5.69 Å². The highest BCUT2D eigenvalue weighted by Crippen LogP contribution is 2.09. The van der Waals surface area contributed by atoms with Crippen LogP contribution >= 0.6 is 0 Å². The highest BCUT2D eigenvalue weighted by molar-refractivity contribution is 6.32. The van der Waals surface area contributed by atoms with Crippen molar-refractivity contribution in [2.45, 2.75) is 13.8 Å². The van der Waals surface area contributed by atoms with Gasteiger partial charge in [-0.2, -0.15) is 5.10 Å². The van der Waals surface area contributed by atoms with Crippen molar-refractivity contribution in [2.24, 2.45) is 7.05 Å². The molecule has 0 saturated carbocycles. The van der Waals surface area contributed by atoms with Crippen molar-refractivity contribution in [1.82, 2.24) is 19.6 Å². The van der Waals surface area contributed by atoms with Gasteiger partial charge in [0.25, 0.3) is 5.91 Å². The largest absolute Gasteiger partial charge is 0.459 e. The lowest BCUT2D eigenvalue weighted by Gasteiger charge is -2.33. The fourth-order valence-electron chi connectivity index (χ4n) is 2.26. The summed E-state index contributed by atoms with van der Waals surface area (Å²) in [5, 5.41) is 4.16. The molecule has 1 saturated heterocycles. The number of hydrogen-bond acceptors (Lipinski definition) is 5. The summed E-state index contributed by atoms with van der Waals surface area (Å²) in [5.74, 6) is -1.66. The first-order chi connectivity index (χ1) is 10.4. The van der Waals surface area contributed by atoms with Crippen LogP contribution < -0.4 is 0 Å². The van der Waals surface area contributed by atoms with Crippen molar-refractivity contribution in [3.05, 3.63) is 17.5 Å². The lowest BCUT2D eigenvalue weighted by molar-refractivity contribution is -0.160. The summed E-state index contributed by atoms with van der Waals surface area (Å²) in [6, 6.07) is 1.73. The first-order valence-electron chi connectivity index (χ1n) is 7.20. The van der Waals surface area contributed by atoms with Crippen LogP contribution in [0.3, 0.4) is 0 Å². The number of piperazine rings is 1. The number of esters is 1. The van der Waals surface area contributed by atoms with E-state index in [4.69, 9.17) is 4.74 Å². The summed E-state index contributed by atoms with van der Waals surface area (Å²) < 4.78 is 6.34. The van der Waals surface area contributed by atoms with E-state index in [1.54, 1.807) is 29.6 Å². The van der Waals surface area contributed by atoms with Crippen LogP contribution in [0.4, 0.5) is 0 Å². The molecule has 8 heteroatoms. The Hall–Kier alpha value is -2.38. The molecule has 1 aliphatic heterocycles. The molecule has 8 nitrogen and oxygen atoms in total. The molecule has 0 aliphatic carbocycles. The van der Waals surface area contributed by atoms with E-state index in [9.17, 15) is 14.4 Å². The van der Waals surface area contributed by atoms with Crippen molar-refractivity contribution >= 4 is 17.8 Å². The van der Waals surface area contributed by atoms with E-state index in [0.29, 0.717) is 31.9 Å². The summed E-state index contributed by atoms with van der Waals surface area (Å²) in [5.41, 5.74) is 1.30. The molecule has 0 bridgehead atoms. The van der Waals surface area contributed by atoms with Crippen LogP contribution in [0.25, 0.3) is 0 Å². The van der Waals surface area contributed by atoms with Crippen molar-refractivity contribution in [2.75, 3.05) is 32.8 Å². The summed E-state index contributed by atoms with van der Waals surface area (Å²) in [4.78, 5) is 38.6. The van der Waals surface area contributed by atoms with Crippen molar-refractivity contribution in [3.63, 3.8) is 0 Å². The molecule has 0 N–H and O–H groups in total. The Labute approximate surface area is 128 Å². The Balaban J connectivity index is 1.93. The lowest BCUT2D eigenvalue weighted by atomic mass is 10.2. The number of carbonyl (C=O) groups is 3. The summed E-state index contributed by atoms with van der Waals surface area (Å²) in [6.45, 7) is 5.07. The summed E-state index contributed by atoms with van der Waals surface area (Å²) >= 11 is 0. The van der Waals surface area contributed by atoms with Gasteiger partial charge in [0.2, 0.25) is 0 Å². The minimum absolute atomic E-state index is 0.160. The summed E-state index contributed by atoms with van der Waals surface area (Å²) in [7, 11) is 1.78. The highest BCUT2D eigenvalue weighted by Gasteiger charge is 2.29. The average Bonchev–Trinajstić information content (AvgIpc) is 2.85. The van der Waals surface area contributed by atoms with Crippen molar-refractivity contribution < 1.29 is 19.1 Å². The third-order valence-electron chi connectivity index (χ3n) is 3.64. The molecule has 2 rings (SSSR count). The third-order valence-corrected chi connectivity index (χ3v) is 3.64. The van der Waals surface area contributed by atoms with E-state index < -0.39 is 11.9 Å². The molecule has 1 aromatic rings. The van der Waals surface area contributed by atoms with Crippen molar-refractivity contribution in [3.8, 4) is 0 Å². The van der Waals surface area contributed by atoms with E-state index in [-0.39, 0.29) is 12.5 Å². The fraction of sp³-hybridized carbons (Fsp3) is 0.571. The van der Waals surface area contributed by atoms with Gasteiger partial charge in [-0.1, -0.05) is 0 Å². The fourth-order valence-corrected chi connectivity index (χ4v) is 2.26. The van der Waals surface area contributed by atoms with Gasteiger partial charge in [-0.05, 0) is 19.9 Å². The quantitative estimate of drug-likeness (QED) is 0.547. The van der Waals surface area contributed by atoms with Gasteiger partial charge in [-0.15, -0.1) is 0 Å². The van der Waals surface area contributed by atoms with Crippen LogP contribution in [0.2, 0.25) is 0 Å². The molecular formula is C14H20N4O4. The maximum atomic E-state index is 12.3. The van der Waals surface area contributed by atoms with Gasteiger partial charge < -0.3 is 14.5 Å². The zero-order valence-corrected chi connectivity index (χ0v) is 13.0. The van der Waals surface area contributed by atoms with Crippen LogP contribution in [0, 0.1) is 6.92 Å². The normalized spacial score (nSPS) is 14.9. The molecule has 1 aliphatic rings. The highest BCUT2D eigenvalue weighted by atomic mass is 16.5. The number of carbonyl (C=O) groups excluding carboxylic acids is 3. The Bertz CT molecular complexity index is 568. The number of aromatic nitrogens is 2. The van der Waals surface area contributed by atoms with Crippen LogP contribution in [0.15, 0.2) is 6.07 Å². The van der Waals surface area contributed by atoms with E-state index in [1.807, 2.05) is 6.92 Å². The first-order valence-corrected chi connectivity index (χ1v) is 7.20. The molecule has 0 radical (unpaired) electrons. The number of aryl methyl sites for hydroxylation is 2. The minimum atomic E-state index is -0.845. The maximum Gasteiger partial charge on any atom is 0.397 e. The molecule has 1 fully saturated rings. The monoisotopic (exact) mass is 308 g/mol. The predicted octanol–water partition coefficient (Wildman–Crippen LogP) is -0.424. The molecular weight excluding hydrogens is 288 g/mol. The minimum Gasteiger partial charge on any atom is -0.459 e. The second-order valence-electron chi connectivity index (χ2n) is 5.10. The summed E-state index contributed by atoms with van der Waals surface area (Å²) in [6.07, 6.45) is 0. The molecule has 0 unspecified atom stereocenters. The molecule has 22 heavy (non-hydrogen) atoms. The molecule has 120 valence electrons. The smallest absolute Gasteiger partial charge is 0.397 e. The standard InChI is InChI=1S/C14H20N4O4/c1-4-22-14(21)13(20)18-7-5-17(6-8-18)12(19)11-9-10(2)16(3)15-11/h9H,4-8H2,1-3H3. The van der Waals surface area contributed by atoms with Gasteiger partial charge in [0, 0.05) is 38.9 Å². The SMILES string of the molecule is CCOC(=O)C(=O)N1CCN(C(=O)c2cc(C)n(C)n2)CC1. The Morgan fingerprint density at radius 2 is 1.77 bits per heavy atom. The zero-order chi connectivity index (χ0) is 16.3. The second-order valence-corrected chi connectivity index (χ2v) is 5.10. The van der Waals surface area contributed by atoms with Crippen LogP contribution in [0.5, 0.6) is 0 Å². The number of hydrogen-bond donors (Lipinski definition) is 0. The average molecular weight is 308 g/mol. The zero-order valence-electron chi connectivity index (χ0n) is 13.0. The molecule has 2 heterocycles. The number of rotatable bonds is 2. The van der Waals surface area contributed by atoms with Gasteiger partial charge in [0.15, 0.2) is 5.69 Å². The molecule has 0 aromatic carbocycles. The third kappa shape index (κ3) is 3.26. The van der Waals surface area contributed by atoms with E-state index in [2.05, 4.69) is 5.10 Å². The number of amides is 2. The van der Waals surface area contributed by atoms with E-state index in [1.165, 1.54) is 4.90 Å². The van der Waals surface area contributed by atoms with Crippen LogP contribution in [-0.2, 0) is 21.4 Å². The number of nitrogens with zero attached hydrogens (tertiary/aromatic N) is 4. The predicted molar refractivity (Wildman–Crippen MR) is 77.1 cm³/mol. The van der Waals surface area contributed by atoms with Gasteiger partial charge in [-0.25, -0.2) is 4.79 Å². The van der Waals surface area contributed by atoms with E-state index >= 15 is 0 Å². The van der Waals surface area contributed by atoms with Gasteiger partial charge >= 0.3 is 11.9 Å².